The van der Waals surface area contributed by atoms with Gasteiger partial charge in [0.15, 0.2) is 11.5 Å². The molecule has 0 aromatic heterocycles. The Balaban J connectivity index is 3.32. The van der Waals surface area contributed by atoms with E-state index >= 15 is 0 Å². The maximum absolute atomic E-state index is 13.0. The summed E-state index contributed by atoms with van der Waals surface area (Å²) in [4.78, 5) is 10.4. The highest BCUT2D eigenvalue weighted by molar-refractivity contribution is 5.77. The van der Waals surface area contributed by atoms with Crippen LogP contribution in [-0.2, 0) is 4.79 Å². The first-order valence-corrected chi connectivity index (χ1v) is 3.64. The average molecular weight is 201 g/mol. The second kappa shape index (κ2) is 3.51. The number of hydrogen-bond donors (Lipinski definition) is 4. The minimum absolute atomic E-state index is 0.613. The number of carbonyl (C=O) groups is 1. The fourth-order valence-electron chi connectivity index (χ4n) is 0.991. The molecule has 0 saturated heterocycles. The SMILES string of the molecule is NC(C(=O)O)c1c(F)ccc(O)c1O. The lowest BCUT2D eigenvalue weighted by Crippen LogP contribution is -2.22. The van der Waals surface area contributed by atoms with E-state index < -0.39 is 34.9 Å². The first kappa shape index (κ1) is 10.3. The summed E-state index contributed by atoms with van der Waals surface area (Å²) in [7, 11) is 0. The zero-order valence-corrected chi connectivity index (χ0v) is 6.94. The molecule has 0 fully saturated rings. The lowest BCUT2D eigenvalue weighted by atomic mass is 10.1. The lowest BCUT2D eigenvalue weighted by molar-refractivity contribution is -0.138. The van der Waals surface area contributed by atoms with Gasteiger partial charge in [0, 0.05) is 0 Å². The van der Waals surface area contributed by atoms with Gasteiger partial charge >= 0.3 is 5.97 Å². The van der Waals surface area contributed by atoms with E-state index in [1.54, 1.807) is 0 Å². The van der Waals surface area contributed by atoms with Crippen molar-refractivity contribution in [2.45, 2.75) is 6.04 Å². The minimum Gasteiger partial charge on any atom is -0.504 e. The van der Waals surface area contributed by atoms with Crippen molar-refractivity contribution in [3.63, 3.8) is 0 Å². The van der Waals surface area contributed by atoms with Crippen LogP contribution in [0.25, 0.3) is 0 Å². The van der Waals surface area contributed by atoms with Gasteiger partial charge in [-0.05, 0) is 12.1 Å². The number of halogens is 1. The van der Waals surface area contributed by atoms with E-state index in [4.69, 9.17) is 21.1 Å². The highest BCUT2D eigenvalue weighted by Gasteiger charge is 2.24. The molecule has 14 heavy (non-hydrogen) atoms. The van der Waals surface area contributed by atoms with Gasteiger partial charge in [0.1, 0.15) is 11.9 Å². The van der Waals surface area contributed by atoms with Gasteiger partial charge in [-0.3, -0.25) is 4.79 Å². The number of benzene rings is 1. The van der Waals surface area contributed by atoms with Crippen molar-refractivity contribution < 1.29 is 24.5 Å². The summed E-state index contributed by atoms with van der Waals surface area (Å²) in [6, 6.07) is 0.0257. The first-order valence-electron chi connectivity index (χ1n) is 3.64. The molecule has 76 valence electrons. The smallest absolute Gasteiger partial charge is 0.325 e. The predicted molar refractivity (Wildman–Crippen MR) is 44.3 cm³/mol. The molecular formula is C8H8FNO4. The van der Waals surface area contributed by atoms with Gasteiger partial charge in [0.25, 0.3) is 0 Å². The van der Waals surface area contributed by atoms with E-state index in [0.29, 0.717) is 0 Å². The van der Waals surface area contributed by atoms with Crippen LogP contribution in [0.2, 0.25) is 0 Å². The molecule has 0 bridgehead atoms. The molecule has 0 saturated carbocycles. The topological polar surface area (TPSA) is 104 Å². The standard InChI is InChI=1S/C8H8FNO4/c9-3-1-2-4(11)7(12)5(3)6(10)8(13)14/h1-2,6,11-12H,10H2,(H,13,14). The van der Waals surface area contributed by atoms with Crippen LogP contribution < -0.4 is 5.73 Å². The van der Waals surface area contributed by atoms with E-state index in [2.05, 4.69) is 0 Å². The van der Waals surface area contributed by atoms with E-state index in [9.17, 15) is 9.18 Å². The van der Waals surface area contributed by atoms with E-state index in [0.717, 1.165) is 12.1 Å². The van der Waals surface area contributed by atoms with Gasteiger partial charge in [0.2, 0.25) is 0 Å². The maximum atomic E-state index is 13.0. The van der Waals surface area contributed by atoms with Crippen molar-refractivity contribution in [1.29, 1.82) is 0 Å². The molecule has 1 unspecified atom stereocenters. The molecule has 0 radical (unpaired) electrons. The van der Waals surface area contributed by atoms with Crippen molar-refractivity contribution in [3.8, 4) is 11.5 Å². The van der Waals surface area contributed by atoms with Crippen molar-refractivity contribution >= 4 is 5.97 Å². The largest absolute Gasteiger partial charge is 0.504 e. The molecule has 1 aromatic carbocycles. The molecule has 0 spiro atoms. The number of aromatic hydroxyl groups is 2. The molecule has 1 rings (SSSR count). The first-order chi connectivity index (χ1) is 6.45. The molecule has 0 amide bonds. The van der Waals surface area contributed by atoms with E-state index in [1.807, 2.05) is 0 Å². The second-order valence-electron chi connectivity index (χ2n) is 2.64. The molecular weight excluding hydrogens is 193 g/mol. The number of phenols is 2. The molecule has 5 N–H and O–H groups in total. The highest BCUT2D eigenvalue weighted by Crippen LogP contribution is 2.33. The van der Waals surface area contributed by atoms with Gasteiger partial charge in [-0.1, -0.05) is 0 Å². The Morgan fingerprint density at radius 1 is 1.43 bits per heavy atom. The summed E-state index contributed by atoms with van der Waals surface area (Å²) in [6.45, 7) is 0. The normalized spacial score (nSPS) is 12.4. The van der Waals surface area contributed by atoms with Crippen molar-refractivity contribution in [1.82, 2.24) is 0 Å². The lowest BCUT2D eigenvalue weighted by Gasteiger charge is -2.10. The summed E-state index contributed by atoms with van der Waals surface area (Å²) in [6.07, 6.45) is 0. The summed E-state index contributed by atoms with van der Waals surface area (Å²) in [5.74, 6) is -3.93. The molecule has 5 nitrogen and oxygen atoms in total. The molecule has 0 aliphatic rings. The Hall–Kier alpha value is -1.82. The quantitative estimate of drug-likeness (QED) is 0.516. The van der Waals surface area contributed by atoms with Gasteiger partial charge in [0.05, 0.1) is 5.56 Å². The monoisotopic (exact) mass is 201 g/mol. The third kappa shape index (κ3) is 1.60. The fraction of sp³-hybridized carbons (Fsp3) is 0.125. The molecule has 1 aromatic rings. The van der Waals surface area contributed by atoms with Crippen LogP contribution in [0.4, 0.5) is 4.39 Å². The molecule has 6 heteroatoms. The Bertz CT molecular complexity index is 380. The number of carboxylic acids is 1. The summed E-state index contributed by atoms with van der Waals surface area (Å²) < 4.78 is 13.0. The Morgan fingerprint density at radius 2 is 2.00 bits per heavy atom. The fourth-order valence-corrected chi connectivity index (χ4v) is 0.991. The Labute approximate surface area is 78.2 Å². The zero-order chi connectivity index (χ0) is 10.9. The molecule has 0 heterocycles. The number of aliphatic carboxylic acids is 1. The number of hydrogen-bond acceptors (Lipinski definition) is 4. The molecule has 1 atom stereocenters. The predicted octanol–water partition coefficient (Wildman–Crippen LogP) is 0.321. The Morgan fingerprint density at radius 3 is 2.50 bits per heavy atom. The number of phenolic OH excluding ortho intramolecular Hbond substituents is 2. The van der Waals surface area contributed by atoms with Crippen LogP contribution >= 0.6 is 0 Å². The Kier molecular flexibility index (Phi) is 2.57. The minimum atomic E-state index is -1.71. The summed E-state index contributed by atoms with van der Waals surface area (Å²) >= 11 is 0. The number of nitrogens with two attached hydrogens (primary N) is 1. The van der Waals surface area contributed by atoms with E-state index in [-0.39, 0.29) is 0 Å². The maximum Gasteiger partial charge on any atom is 0.325 e. The molecule has 0 aliphatic heterocycles. The van der Waals surface area contributed by atoms with Gasteiger partial charge in [-0.25, -0.2) is 4.39 Å². The third-order valence-electron chi connectivity index (χ3n) is 1.72. The number of carboxylic acid groups (broad SMARTS) is 1. The zero-order valence-electron chi connectivity index (χ0n) is 6.94. The van der Waals surface area contributed by atoms with Crippen LogP contribution in [0.1, 0.15) is 11.6 Å². The van der Waals surface area contributed by atoms with Crippen LogP contribution in [0.3, 0.4) is 0 Å². The van der Waals surface area contributed by atoms with Gasteiger partial charge < -0.3 is 21.1 Å². The summed E-state index contributed by atoms with van der Waals surface area (Å²) in [5.41, 5.74) is 4.47. The van der Waals surface area contributed by atoms with Crippen LogP contribution in [0.5, 0.6) is 11.5 Å². The second-order valence-corrected chi connectivity index (χ2v) is 2.64. The molecule has 0 aliphatic carbocycles. The van der Waals surface area contributed by atoms with Crippen LogP contribution in [0, 0.1) is 5.82 Å². The van der Waals surface area contributed by atoms with Crippen LogP contribution in [0.15, 0.2) is 12.1 Å². The van der Waals surface area contributed by atoms with Crippen molar-refractivity contribution in [3.05, 3.63) is 23.5 Å². The van der Waals surface area contributed by atoms with Crippen molar-refractivity contribution in [2.75, 3.05) is 0 Å². The van der Waals surface area contributed by atoms with Crippen LogP contribution in [-0.4, -0.2) is 21.3 Å². The van der Waals surface area contributed by atoms with Gasteiger partial charge in [-0.15, -0.1) is 0 Å². The van der Waals surface area contributed by atoms with E-state index in [1.165, 1.54) is 0 Å². The van der Waals surface area contributed by atoms with Crippen molar-refractivity contribution in [2.24, 2.45) is 5.73 Å². The highest BCUT2D eigenvalue weighted by atomic mass is 19.1. The summed E-state index contributed by atoms with van der Waals surface area (Å²) in [5, 5.41) is 26.6. The van der Waals surface area contributed by atoms with Gasteiger partial charge in [-0.2, -0.15) is 0 Å². The number of rotatable bonds is 2. The average Bonchev–Trinajstić information content (AvgIpc) is 2.12. The third-order valence-corrected chi connectivity index (χ3v) is 1.72.